The van der Waals surface area contributed by atoms with Crippen LogP contribution < -0.4 is 5.32 Å². The topological polar surface area (TPSA) is 94.3 Å². The van der Waals surface area contributed by atoms with E-state index in [2.05, 4.69) is 10.5 Å². The van der Waals surface area contributed by atoms with E-state index in [0.29, 0.717) is 27.9 Å². The number of ether oxygens (including phenoxy) is 1. The van der Waals surface area contributed by atoms with Crippen LogP contribution in [-0.2, 0) is 9.53 Å². The zero-order valence-electron chi connectivity index (χ0n) is 17.4. The first kappa shape index (κ1) is 20.3. The SMILES string of the molecule is Cc1ccc(-c2cc(C(=O)OCC(=O)Nc3cc(C)on3)c3cc(C)ccc3n2)cc1. The molecule has 2 aromatic carbocycles. The van der Waals surface area contributed by atoms with Gasteiger partial charge in [-0.2, -0.15) is 0 Å². The number of nitrogens with zero attached hydrogens (tertiary/aromatic N) is 2. The number of aromatic nitrogens is 2. The highest BCUT2D eigenvalue weighted by Crippen LogP contribution is 2.26. The number of hydrogen-bond acceptors (Lipinski definition) is 6. The molecular weight excluding hydrogens is 394 g/mol. The molecule has 7 nitrogen and oxygen atoms in total. The summed E-state index contributed by atoms with van der Waals surface area (Å²) in [6.07, 6.45) is 0. The lowest BCUT2D eigenvalue weighted by Gasteiger charge is -2.11. The molecule has 4 rings (SSSR count). The standard InChI is InChI=1S/C24H21N3O4/c1-14-4-7-17(8-5-14)21-12-19(18-10-15(2)6-9-20(18)25-21)24(29)30-13-23(28)26-22-11-16(3)31-27-22/h4-12H,13H2,1-3H3,(H,26,27,28). The molecule has 2 heterocycles. The Morgan fingerprint density at radius 1 is 0.968 bits per heavy atom. The van der Waals surface area contributed by atoms with Gasteiger partial charge in [0, 0.05) is 17.0 Å². The zero-order chi connectivity index (χ0) is 22.0. The van der Waals surface area contributed by atoms with Crippen LogP contribution >= 0.6 is 0 Å². The molecule has 0 spiro atoms. The van der Waals surface area contributed by atoms with Crippen LogP contribution in [0.1, 0.15) is 27.2 Å². The molecule has 0 fully saturated rings. The molecular formula is C24H21N3O4. The van der Waals surface area contributed by atoms with Crippen LogP contribution in [0, 0.1) is 20.8 Å². The van der Waals surface area contributed by atoms with E-state index in [9.17, 15) is 9.59 Å². The number of carbonyl (C=O) groups excluding carboxylic acids is 2. The molecule has 0 bridgehead atoms. The van der Waals surface area contributed by atoms with E-state index < -0.39 is 18.5 Å². The molecule has 0 aliphatic carbocycles. The van der Waals surface area contributed by atoms with Crippen molar-refractivity contribution in [1.29, 1.82) is 0 Å². The third kappa shape index (κ3) is 4.61. The van der Waals surface area contributed by atoms with Crippen molar-refractivity contribution in [2.24, 2.45) is 0 Å². The summed E-state index contributed by atoms with van der Waals surface area (Å²) in [6, 6.07) is 16.9. The third-order valence-electron chi connectivity index (χ3n) is 4.76. The number of rotatable bonds is 5. The van der Waals surface area contributed by atoms with E-state index in [0.717, 1.165) is 16.7 Å². The summed E-state index contributed by atoms with van der Waals surface area (Å²) in [7, 11) is 0. The molecule has 0 saturated carbocycles. The van der Waals surface area contributed by atoms with Crippen LogP contribution in [0.15, 0.2) is 59.1 Å². The molecule has 2 aromatic heterocycles. The Labute approximate surface area is 179 Å². The van der Waals surface area contributed by atoms with Crippen molar-refractivity contribution in [2.75, 3.05) is 11.9 Å². The van der Waals surface area contributed by atoms with Crippen LogP contribution in [-0.4, -0.2) is 28.6 Å². The lowest BCUT2D eigenvalue weighted by Crippen LogP contribution is -2.21. The van der Waals surface area contributed by atoms with Crippen LogP contribution in [0.3, 0.4) is 0 Å². The maximum atomic E-state index is 12.9. The molecule has 0 aliphatic heterocycles. The monoisotopic (exact) mass is 415 g/mol. The molecule has 156 valence electrons. The number of esters is 1. The second-order valence-corrected chi connectivity index (χ2v) is 7.39. The molecule has 31 heavy (non-hydrogen) atoms. The van der Waals surface area contributed by atoms with Crippen molar-refractivity contribution in [3.63, 3.8) is 0 Å². The van der Waals surface area contributed by atoms with Gasteiger partial charge in [0.15, 0.2) is 12.4 Å². The normalized spacial score (nSPS) is 10.8. The fourth-order valence-electron chi connectivity index (χ4n) is 3.19. The Morgan fingerprint density at radius 2 is 1.71 bits per heavy atom. The lowest BCUT2D eigenvalue weighted by molar-refractivity contribution is -0.119. The smallest absolute Gasteiger partial charge is 0.339 e. The second kappa shape index (κ2) is 8.39. The number of anilines is 1. The van der Waals surface area contributed by atoms with Gasteiger partial charge in [-0.25, -0.2) is 9.78 Å². The number of benzene rings is 2. The number of carbonyl (C=O) groups is 2. The number of amides is 1. The first-order valence-corrected chi connectivity index (χ1v) is 9.78. The third-order valence-corrected chi connectivity index (χ3v) is 4.76. The summed E-state index contributed by atoms with van der Waals surface area (Å²) in [5.74, 6) is -0.271. The Bertz CT molecular complexity index is 1280. The van der Waals surface area contributed by atoms with Crippen LogP contribution in [0.5, 0.6) is 0 Å². The minimum absolute atomic E-state index is 0.269. The minimum Gasteiger partial charge on any atom is -0.452 e. The van der Waals surface area contributed by atoms with Gasteiger partial charge in [-0.1, -0.05) is 46.6 Å². The summed E-state index contributed by atoms with van der Waals surface area (Å²) < 4.78 is 10.2. The van der Waals surface area contributed by atoms with Crippen LogP contribution in [0.4, 0.5) is 5.82 Å². The molecule has 0 atom stereocenters. The number of nitrogens with one attached hydrogen (secondary N) is 1. The lowest BCUT2D eigenvalue weighted by atomic mass is 10.0. The van der Waals surface area contributed by atoms with Crippen molar-refractivity contribution in [2.45, 2.75) is 20.8 Å². The molecule has 0 radical (unpaired) electrons. The van der Waals surface area contributed by atoms with Crippen LogP contribution in [0.25, 0.3) is 22.2 Å². The Morgan fingerprint density at radius 3 is 2.42 bits per heavy atom. The van der Waals surface area contributed by atoms with Crippen LogP contribution in [0.2, 0.25) is 0 Å². The largest absolute Gasteiger partial charge is 0.452 e. The maximum absolute atomic E-state index is 12.9. The minimum atomic E-state index is -0.599. The summed E-state index contributed by atoms with van der Waals surface area (Å²) in [5, 5.41) is 6.89. The first-order chi connectivity index (χ1) is 14.9. The van der Waals surface area contributed by atoms with Gasteiger partial charge in [0.1, 0.15) is 5.76 Å². The van der Waals surface area contributed by atoms with Gasteiger partial charge in [-0.05, 0) is 39.0 Å². The fraction of sp³-hybridized carbons (Fsp3) is 0.167. The number of pyridine rings is 1. The van der Waals surface area contributed by atoms with E-state index in [-0.39, 0.29) is 5.82 Å². The Balaban J connectivity index is 1.61. The first-order valence-electron chi connectivity index (χ1n) is 9.78. The van der Waals surface area contributed by atoms with Crippen molar-refractivity contribution in [3.8, 4) is 11.3 Å². The highest BCUT2D eigenvalue weighted by molar-refractivity contribution is 6.05. The van der Waals surface area contributed by atoms with Crippen molar-refractivity contribution in [1.82, 2.24) is 10.1 Å². The number of fused-ring (bicyclic) bond motifs is 1. The quantitative estimate of drug-likeness (QED) is 0.478. The predicted octanol–water partition coefficient (Wildman–Crippen LogP) is 4.61. The summed E-state index contributed by atoms with van der Waals surface area (Å²) in [6.45, 7) is 5.22. The fourth-order valence-corrected chi connectivity index (χ4v) is 3.19. The summed E-state index contributed by atoms with van der Waals surface area (Å²) in [5.41, 5.74) is 4.71. The second-order valence-electron chi connectivity index (χ2n) is 7.39. The van der Waals surface area contributed by atoms with Gasteiger partial charge in [-0.15, -0.1) is 0 Å². The van der Waals surface area contributed by atoms with Crippen molar-refractivity contribution in [3.05, 3.63) is 77.0 Å². The molecule has 1 amide bonds. The highest BCUT2D eigenvalue weighted by atomic mass is 16.5. The molecule has 4 aromatic rings. The van der Waals surface area contributed by atoms with Gasteiger partial charge in [0.25, 0.3) is 5.91 Å². The van der Waals surface area contributed by atoms with Gasteiger partial charge in [0.2, 0.25) is 0 Å². The molecule has 0 aliphatic rings. The van der Waals surface area contributed by atoms with E-state index in [1.807, 2.05) is 56.3 Å². The Kier molecular flexibility index (Phi) is 5.49. The van der Waals surface area contributed by atoms with E-state index >= 15 is 0 Å². The zero-order valence-corrected chi connectivity index (χ0v) is 17.4. The summed E-state index contributed by atoms with van der Waals surface area (Å²) in [4.78, 5) is 29.7. The van der Waals surface area contributed by atoms with Crippen molar-refractivity contribution < 1.29 is 18.8 Å². The molecule has 7 heteroatoms. The predicted molar refractivity (Wildman–Crippen MR) is 117 cm³/mol. The van der Waals surface area contributed by atoms with Gasteiger partial charge < -0.3 is 14.6 Å². The van der Waals surface area contributed by atoms with Gasteiger partial charge in [-0.3, -0.25) is 4.79 Å². The Hall–Kier alpha value is -4.00. The van der Waals surface area contributed by atoms with E-state index in [4.69, 9.17) is 14.2 Å². The maximum Gasteiger partial charge on any atom is 0.339 e. The average molecular weight is 415 g/mol. The average Bonchev–Trinajstić information content (AvgIpc) is 3.16. The molecule has 0 saturated heterocycles. The number of aryl methyl sites for hydroxylation is 3. The number of hydrogen-bond donors (Lipinski definition) is 1. The van der Waals surface area contributed by atoms with Crippen molar-refractivity contribution >= 4 is 28.6 Å². The molecule has 1 N–H and O–H groups in total. The molecule has 0 unspecified atom stereocenters. The van der Waals surface area contributed by atoms with E-state index in [1.54, 1.807) is 19.1 Å². The van der Waals surface area contributed by atoms with Gasteiger partial charge >= 0.3 is 5.97 Å². The van der Waals surface area contributed by atoms with Gasteiger partial charge in [0.05, 0.1) is 16.8 Å². The summed E-state index contributed by atoms with van der Waals surface area (Å²) >= 11 is 0. The van der Waals surface area contributed by atoms with E-state index in [1.165, 1.54) is 0 Å². The highest BCUT2D eigenvalue weighted by Gasteiger charge is 2.17.